The quantitative estimate of drug-likeness (QED) is 0.175. The number of anilines is 1. The van der Waals surface area contributed by atoms with Crippen molar-refractivity contribution in [3.05, 3.63) is 78.4 Å². The van der Waals surface area contributed by atoms with Crippen molar-refractivity contribution in [1.82, 2.24) is 9.47 Å². The van der Waals surface area contributed by atoms with Crippen LogP contribution in [0.15, 0.2) is 72.8 Å². The van der Waals surface area contributed by atoms with Crippen molar-refractivity contribution in [2.24, 2.45) is 0 Å². The molecule has 3 aromatic carbocycles. The zero-order valence-corrected chi connectivity index (χ0v) is 24.3. The third-order valence-corrected chi connectivity index (χ3v) is 7.53. The zero-order valence-electron chi connectivity index (χ0n) is 24.3. The van der Waals surface area contributed by atoms with Crippen LogP contribution >= 0.6 is 0 Å². The lowest BCUT2D eigenvalue weighted by molar-refractivity contribution is -0.130. The van der Waals surface area contributed by atoms with Gasteiger partial charge in [-0.25, -0.2) is 0 Å². The summed E-state index contributed by atoms with van der Waals surface area (Å²) >= 11 is 0. The topological polar surface area (TPSA) is 86.0 Å². The molecule has 1 heterocycles. The third kappa shape index (κ3) is 7.28. The van der Waals surface area contributed by atoms with Gasteiger partial charge in [-0.05, 0) is 67.3 Å². The number of amides is 2. The number of para-hydroxylation sites is 1. The molecule has 7 nitrogen and oxygen atoms in total. The molecule has 4 rings (SSSR count). The first kappa shape index (κ1) is 29.7. The van der Waals surface area contributed by atoms with Crippen LogP contribution in [0.4, 0.5) is 5.69 Å². The summed E-state index contributed by atoms with van der Waals surface area (Å²) in [5.74, 6) is 0.488. The van der Waals surface area contributed by atoms with E-state index in [1.165, 1.54) is 0 Å². The highest BCUT2D eigenvalue weighted by molar-refractivity contribution is 6.09. The van der Waals surface area contributed by atoms with E-state index in [1.807, 2.05) is 65.4 Å². The van der Waals surface area contributed by atoms with E-state index in [0.29, 0.717) is 19.5 Å². The molecular weight excluding hydrogens is 514 g/mol. The van der Waals surface area contributed by atoms with Crippen molar-refractivity contribution in [2.45, 2.75) is 58.9 Å². The summed E-state index contributed by atoms with van der Waals surface area (Å²) in [6, 6.07) is 22.3. The molecule has 0 aliphatic rings. The van der Waals surface area contributed by atoms with Crippen molar-refractivity contribution in [1.29, 1.82) is 0 Å². The standard InChI is InChI=1S/C34H41N3O4/c1-4-5-21-35(3)32(41)16-7-6-10-22-36(25(2)38)34-30-14-8-9-15-31(30)37(24-26-12-11-13-29(40)23-26)33(34)27-17-19-28(39)20-18-27/h8-9,11-15,17-20,23,39-40H,4-7,10,16,21-22,24H2,1-3H3. The van der Waals surface area contributed by atoms with Gasteiger partial charge in [0.25, 0.3) is 0 Å². The number of phenolic OH excluding ortho intramolecular Hbond substituents is 2. The minimum absolute atomic E-state index is 0.0549. The Bertz CT molecular complexity index is 1480. The molecule has 0 spiro atoms. The molecule has 0 saturated heterocycles. The number of carbonyl (C=O) groups is 2. The van der Waals surface area contributed by atoms with E-state index >= 15 is 0 Å². The van der Waals surface area contributed by atoms with Crippen molar-refractivity contribution in [3.8, 4) is 22.8 Å². The van der Waals surface area contributed by atoms with Gasteiger partial charge >= 0.3 is 0 Å². The van der Waals surface area contributed by atoms with E-state index in [9.17, 15) is 19.8 Å². The summed E-state index contributed by atoms with van der Waals surface area (Å²) in [5, 5.41) is 21.1. The van der Waals surface area contributed by atoms with E-state index in [1.54, 1.807) is 31.2 Å². The van der Waals surface area contributed by atoms with Gasteiger partial charge in [-0.1, -0.05) is 50.1 Å². The van der Waals surface area contributed by atoms with Gasteiger partial charge in [-0.15, -0.1) is 0 Å². The van der Waals surface area contributed by atoms with Gasteiger partial charge in [0.2, 0.25) is 11.8 Å². The fourth-order valence-corrected chi connectivity index (χ4v) is 5.33. The second-order valence-corrected chi connectivity index (χ2v) is 10.7. The third-order valence-electron chi connectivity index (χ3n) is 7.53. The molecule has 2 amide bonds. The Morgan fingerprint density at radius 3 is 2.29 bits per heavy atom. The lowest BCUT2D eigenvalue weighted by atomic mass is 10.1. The first-order valence-corrected chi connectivity index (χ1v) is 14.5. The van der Waals surface area contributed by atoms with Crippen molar-refractivity contribution < 1.29 is 19.8 Å². The first-order valence-electron chi connectivity index (χ1n) is 14.5. The first-order chi connectivity index (χ1) is 19.8. The highest BCUT2D eigenvalue weighted by Crippen LogP contribution is 2.42. The molecule has 0 fully saturated rings. The van der Waals surface area contributed by atoms with Crippen LogP contribution in [0.1, 0.15) is 57.9 Å². The van der Waals surface area contributed by atoms with Crippen molar-refractivity contribution in [3.63, 3.8) is 0 Å². The zero-order chi connectivity index (χ0) is 29.4. The molecule has 0 aliphatic carbocycles. The van der Waals surface area contributed by atoms with E-state index in [0.717, 1.165) is 72.1 Å². The SMILES string of the molecule is CCCCN(C)C(=O)CCCCCN(C(C)=O)c1c(-c2ccc(O)cc2)n(Cc2cccc(O)c2)c2ccccc12. The highest BCUT2D eigenvalue weighted by Gasteiger charge is 2.25. The van der Waals surface area contributed by atoms with Crippen LogP contribution in [-0.4, -0.2) is 51.6 Å². The normalized spacial score (nSPS) is 11.1. The predicted molar refractivity (Wildman–Crippen MR) is 165 cm³/mol. The number of unbranched alkanes of at least 4 members (excludes halogenated alkanes) is 3. The van der Waals surface area contributed by atoms with E-state index < -0.39 is 0 Å². The number of rotatable bonds is 13. The van der Waals surface area contributed by atoms with Crippen molar-refractivity contribution in [2.75, 3.05) is 25.0 Å². The van der Waals surface area contributed by atoms with Gasteiger partial charge in [0.1, 0.15) is 11.5 Å². The van der Waals surface area contributed by atoms with Gasteiger partial charge in [0.15, 0.2) is 0 Å². The number of hydrogen-bond acceptors (Lipinski definition) is 4. The maximum absolute atomic E-state index is 13.2. The second kappa shape index (κ2) is 13.9. The summed E-state index contributed by atoms with van der Waals surface area (Å²) in [7, 11) is 1.87. The maximum atomic E-state index is 13.2. The summed E-state index contributed by atoms with van der Waals surface area (Å²) in [4.78, 5) is 29.3. The van der Waals surface area contributed by atoms with Gasteiger partial charge in [0, 0.05) is 51.0 Å². The van der Waals surface area contributed by atoms with Gasteiger partial charge in [-0.3, -0.25) is 9.59 Å². The molecule has 4 aromatic rings. The summed E-state index contributed by atoms with van der Waals surface area (Å²) in [6.07, 6.45) is 4.99. The molecule has 0 atom stereocenters. The van der Waals surface area contributed by atoms with Crippen LogP contribution in [0.3, 0.4) is 0 Å². The minimum Gasteiger partial charge on any atom is -0.508 e. The van der Waals surface area contributed by atoms with Crippen molar-refractivity contribution >= 4 is 28.4 Å². The smallest absolute Gasteiger partial charge is 0.223 e. The molecule has 0 radical (unpaired) electrons. The van der Waals surface area contributed by atoms with Gasteiger partial charge < -0.3 is 24.6 Å². The average Bonchev–Trinajstić information content (AvgIpc) is 3.27. The summed E-state index contributed by atoms with van der Waals surface area (Å²) < 4.78 is 2.17. The van der Waals surface area contributed by atoms with Crippen LogP contribution in [0.25, 0.3) is 22.2 Å². The fourth-order valence-electron chi connectivity index (χ4n) is 5.33. The van der Waals surface area contributed by atoms with Crippen LogP contribution in [0.2, 0.25) is 0 Å². The Morgan fingerprint density at radius 1 is 0.829 bits per heavy atom. The molecule has 41 heavy (non-hydrogen) atoms. The number of carbonyl (C=O) groups excluding carboxylic acids is 2. The van der Waals surface area contributed by atoms with Crippen LogP contribution < -0.4 is 4.90 Å². The Balaban J connectivity index is 1.66. The Kier molecular flexibility index (Phi) is 10.1. The van der Waals surface area contributed by atoms with E-state index in [4.69, 9.17) is 0 Å². The minimum atomic E-state index is -0.0549. The Morgan fingerprint density at radius 2 is 1.59 bits per heavy atom. The molecule has 216 valence electrons. The number of benzene rings is 3. The van der Waals surface area contributed by atoms with Crippen LogP contribution in [0.5, 0.6) is 11.5 Å². The summed E-state index contributed by atoms with van der Waals surface area (Å²) in [6.45, 7) is 5.52. The molecule has 0 saturated carbocycles. The number of aromatic hydroxyl groups is 2. The van der Waals surface area contributed by atoms with Gasteiger partial charge in [-0.2, -0.15) is 0 Å². The Hall–Kier alpha value is -4.26. The molecule has 1 aromatic heterocycles. The van der Waals surface area contributed by atoms with Crippen LogP contribution in [0, 0.1) is 0 Å². The molecule has 7 heteroatoms. The average molecular weight is 556 g/mol. The lowest BCUT2D eigenvalue weighted by Gasteiger charge is -2.24. The highest BCUT2D eigenvalue weighted by atomic mass is 16.3. The number of hydrogen-bond donors (Lipinski definition) is 2. The van der Waals surface area contributed by atoms with E-state index in [-0.39, 0.29) is 23.3 Å². The number of aromatic nitrogens is 1. The Labute approximate surface area is 242 Å². The summed E-state index contributed by atoms with van der Waals surface area (Å²) in [5.41, 5.74) is 4.48. The molecule has 0 unspecified atom stereocenters. The monoisotopic (exact) mass is 555 g/mol. The van der Waals surface area contributed by atoms with Gasteiger partial charge in [0.05, 0.1) is 16.9 Å². The molecule has 0 bridgehead atoms. The van der Waals surface area contributed by atoms with E-state index in [2.05, 4.69) is 11.5 Å². The van der Waals surface area contributed by atoms with Crippen LogP contribution in [-0.2, 0) is 16.1 Å². The lowest BCUT2D eigenvalue weighted by Crippen LogP contribution is -2.30. The molecule has 0 aliphatic heterocycles. The number of nitrogens with zero attached hydrogens (tertiary/aromatic N) is 3. The fraction of sp³-hybridized carbons (Fsp3) is 0.353. The molecular formula is C34H41N3O4. The second-order valence-electron chi connectivity index (χ2n) is 10.7. The predicted octanol–water partition coefficient (Wildman–Crippen LogP) is 6.94. The number of phenols is 2. The molecule has 2 N–H and O–H groups in total. The largest absolute Gasteiger partial charge is 0.508 e. The maximum Gasteiger partial charge on any atom is 0.223 e. The number of fused-ring (bicyclic) bond motifs is 1.